The minimum Gasteiger partial charge on any atom is -0.359 e. The molecule has 108 valence electrons. The van der Waals surface area contributed by atoms with Gasteiger partial charge in [0.05, 0.1) is 29.6 Å². The number of pyridine rings is 1. The van der Waals surface area contributed by atoms with Crippen LogP contribution in [0.4, 0.5) is 5.69 Å². The third kappa shape index (κ3) is 2.08. The minimum atomic E-state index is 0.292. The topological polar surface area (TPSA) is 50.4 Å². The molecule has 0 radical (unpaired) electrons. The summed E-state index contributed by atoms with van der Waals surface area (Å²) in [6, 6.07) is 6.47. The number of piperazine rings is 1. The summed E-state index contributed by atoms with van der Waals surface area (Å²) in [6.45, 7) is 2.88. The maximum atomic E-state index is 4.46. The second-order valence-electron chi connectivity index (χ2n) is 5.42. The fraction of sp³-hybridized carbons (Fsp3) is 0.333. The van der Waals surface area contributed by atoms with E-state index in [4.69, 9.17) is 0 Å². The molecule has 21 heavy (non-hydrogen) atoms. The van der Waals surface area contributed by atoms with Crippen molar-refractivity contribution in [2.45, 2.75) is 6.04 Å². The van der Waals surface area contributed by atoms with Crippen molar-refractivity contribution < 1.29 is 0 Å². The minimum absolute atomic E-state index is 0.292. The van der Waals surface area contributed by atoms with E-state index < -0.39 is 0 Å². The highest BCUT2D eigenvalue weighted by molar-refractivity contribution is 5.73. The lowest BCUT2D eigenvalue weighted by Gasteiger charge is -2.36. The lowest BCUT2D eigenvalue weighted by molar-refractivity contribution is 0.490. The summed E-state index contributed by atoms with van der Waals surface area (Å²) in [6.07, 6.45) is 8.00. The van der Waals surface area contributed by atoms with Crippen LogP contribution in [0.25, 0.3) is 5.52 Å². The summed E-state index contributed by atoms with van der Waals surface area (Å²) in [5, 5.41) is 12.2. The fourth-order valence-corrected chi connectivity index (χ4v) is 3.05. The standard InChI is InChI=1S/C15H18N6/c1-19-11-12(8-17-19)14-9-16-5-7-20(14)15-10-18-21-6-3-2-4-13(15)21/h2-4,6,8,10-11,14,16H,5,7,9H2,1H3. The number of aryl methyl sites for hydroxylation is 1. The van der Waals surface area contributed by atoms with Crippen molar-refractivity contribution in [2.24, 2.45) is 7.05 Å². The van der Waals surface area contributed by atoms with E-state index in [0.29, 0.717) is 6.04 Å². The number of rotatable bonds is 2. The highest BCUT2D eigenvalue weighted by Gasteiger charge is 2.27. The maximum absolute atomic E-state index is 4.46. The van der Waals surface area contributed by atoms with Gasteiger partial charge in [0, 0.05) is 44.6 Å². The smallest absolute Gasteiger partial charge is 0.0895 e. The van der Waals surface area contributed by atoms with Crippen molar-refractivity contribution in [1.82, 2.24) is 24.7 Å². The Balaban J connectivity index is 1.77. The van der Waals surface area contributed by atoms with Crippen molar-refractivity contribution in [1.29, 1.82) is 0 Å². The Kier molecular flexibility index (Phi) is 2.89. The van der Waals surface area contributed by atoms with Crippen molar-refractivity contribution in [3.63, 3.8) is 0 Å². The maximum Gasteiger partial charge on any atom is 0.0895 e. The third-order valence-corrected chi connectivity index (χ3v) is 4.07. The van der Waals surface area contributed by atoms with Gasteiger partial charge in [0.25, 0.3) is 0 Å². The van der Waals surface area contributed by atoms with Gasteiger partial charge in [-0.25, -0.2) is 4.52 Å². The van der Waals surface area contributed by atoms with E-state index in [2.05, 4.69) is 38.7 Å². The normalized spacial score (nSPS) is 19.3. The highest BCUT2D eigenvalue weighted by atomic mass is 15.3. The van der Waals surface area contributed by atoms with Gasteiger partial charge in [-0.15, -0.1) is 0 Å². The first-order chi connectivity index (χ1) is 10.3. The lowest BCUT2D eigenvalue weighted by atomic mass is 10.1. The molecule has 0 aliphatic carbocycles. The molecule has 1 saturated heterocycles. The largest absolute Gasteiger partial charge is 0.359 e. The molecule has 0 bridgehead atoms. The molecular formula is C15H18N6. The highest BCUT2D eigenvalue weighted by Crippen LogP contribution is 2.31. The van der Waals surface area contributed by atoms with Crippen LogP contribution >= 0.6 is 0 Å². The van der Waals surface area contributed by atoms with Crippen LogP contribution in [0.2, 0.25) is 0 Å². The second-order valence-corrected chi connectivity index (χ2v) is 5.42. The predicted molar refractivity (Wildman–Crippen MR) is 81.4 cm³/mol. The molecule has 3 aromatic heterocycles. The number of nitrogens with one attached hydrogen (secondary N) is 1. The summed E-state index contributed by atoms with van der Waals surface area (Å²) in [5.41, 5.74) is 3.57. The molecule has 1 atom stereocenters. The van der Waals surface area contributed by atoms with Gasteiger partial charge in [-0.05, 0) is 12.1 Å². The Bertz CT molecular complexity index is 758. The van der Waals surface area contributed by atoms with Gasteiger partial charge in [0.2, 0.25) is 0 Å². The van der Waals surface area contributed by atoms with Crippen LogP contribution in [-0.2, 0) is 7.05 Å². The summed E-state index contributed by atoms with van der Waals surface area (Å²) >= 11 is 0. The zero-order chi connectivity index (χ0) is 14.2. The number of nitrogens with zero attached hydrogens (tertiary/aromatic N) is 5. The first kappa shape index (κ1) is 12.4. The Morgan fingerprint density at radius 1 is 1.24 bits per heavy atom. The third-order valence-electron chi connectivity index (χ3n) is 4.07. The van der Waals surface area contributed by atoms with E-state index in [1.165, 1.54) is 11.3 Å². The van der Waals surface area contributed by atoms with Gasteiger partial charge in [0.15, 0.2) is 0 Å². The molecule has 0 saturated carbocycles. The summed E-state index contributed by atoms with van der Waals surface area (Å²) in [7, 11) is 1.96. The number of anilines is 1. The van der Waals surface area contributed by atoms with Crippen LogP contribution in [0, 0.1) is 0 Å². The lowest BCUT2D eigenvalue weighted by Crippen LogP contribution is -2.46. The van der Waals surface area contributed by atoms with E-state index in [-0.39, 0.29) is 0 Å². The monoisotopic (exact) mass is 282 g/mol. The average molecular weight is 282 g/mol. The molecule has 1 fully saturated rings. The van der Waals surface area contributed by atoms with Gasteiger partial charge in [0.1, 0.15) is 0 Å². The van der Waals surface area contributed by atoms with Gasteiger partial charge in [-0.3, -0.25) is 4.68 Å². The van der Waals surface area contributed by atoms with Crippen LogP contribution in [0.3, 0.4) is 0 Å². The Labute approximate surface area is 123 Å². The zero-order valence-corrected chi connectivity index (χ0v) is 12.0. The molecule has 3 aromatic rings. The number of aromatic nitrogens is 4. The van der Waals surface area contributed by atoms with Gasteiger partial charge in [-0.2, -0.15) is 10.2 Å². The van der Waals surface area contributed by atoms with E-state index >= 15 is 0 Å². The number of hydrogen-bond donors (Lipinski definition) is 1. The SMILES string of the molecule is Cn1cc(C2CNCCN2c2cnn3ccccc23)cn1. The van der Waals surface area contributed by atoms with E-state index in [1.807, 2.05) is 40.9 Å². The van der Waals surface area contributed by atoms with Crippen molar-refractivity contribution >= 4 is 11.2 Å². The molecule has 1 N–H and O–H groups in total. The van der Waals surface area contributed by atoms with Crippen LogP contribution < -0.4 is 10.2 Å². The van der Waals surface area contributed by atoms with E-state index in [0.717, 1.165) is 25.2 Å². The van der Waals surface area contributed by atoms with Crippen molar-refractivity contribution in [2.75, 3.05) is 24.5 Å². The van der Waals surface area contributed by atoms with Crippen molar-refractivity contribution in [3.05, 3.63) is 48.5 Å². The summed E-state index contributed by atoms with van der Waals surface area (Å²) < 4.78 is 3.79. The van der Waals surface area contributed by atoms with Crippen LogP contribution in [0.1, 0.15) is 11.6 Å². The Hall–Kier alpha value is -2.34. The number of fused-ring (bicyclic) bond motifs is 1. The molecule has 4 heterocycles. The first-order valence-corrected chi connectivity index (χ1v) is 7.21. The average Bonchev–Trinajstić information content (AvgIpc) is 3.13. The molecular weight excluding hydrogens is 264 g/mol. The molecule has 1 aliphatic heterocycles. The van der Waals surface area contributed by atoms with Gasteiger partial charge >= 0.3 is 0 Å². The Morgan fingerprint density at radius 2 is 2.19 bits per heavy atom. The van der Waals surface area contributed by atoms with Crippen molar-refractivity contribution in [3.8, 4) is 0 Å². The summed E-state index contributed by atoms with van der Waals surface area (Å²) in [4.78, 5) is 2.43. The zero-order valence-electron chi connectivity index (χ0n) is 12.0. The molecule has 4 rings (SSSR count). The first-order valence-electron chi connectivity index (χ1n) is 7.21. The summed E-state index contributed by atoms with van der Waals surface area (Å²) in [5.74, 6) is 0. The Morgan fingerprint density at radius 3 is 3.05 bits per heavy atom. The fourth-order valence-electron chi connectivity index (χ4n) is 3.05. The molecule has 1 aliphatic rings. The second kappa shape index (κ2) is 4.89. The predicted octanol–water partition coefficient (Wildman–Crippen LogP) is 1.22. The molecule has 0 aromatic carbocycles. The van der Waals surface area contributed by atoms with Crippen LogP contribution in [0.15, 0.2) is 43.0 Å². The number of hydrogen-bond acceptors (Lipinski definition) is 4. The van der Waals surface area contributed by atoms with Crippen LogP contribution in [0.5, 0.6) is 0 Å². The molecule has 6 nitrogen and oxygen atoms in total. The van der Waals surface area contributed by atoms with E-state index in [9.17, 15) is 0 Å². The van der Waals surface area contributed by atoms with E-state index in [1.54, 1.807) is 0 Å². The molecule has 0 spiro atoms. The molecule has 6 heteroatoms. The van der Waals surface area contributed by atoms with Gasteiger partial charge in [-0.1, -0.05) is 6.07 Å². The molecule has 1 unspecified atom stereocenters. The van der Waals surface area contributed by atoms with Gasteiger partial charge < -0.3 is 10.2 Å². The molecule has 0 amide bonds. The quantitative estimate of drug-likeness (QED) is 0.768. The van der Waals surface area contributed by atoms with Crippen LogP contribution in [-0.4, -0.2) is 39.0 Å².